The summed E-state index contributed by atoms with van der Waals surface area (Å²) in [7, 11) is -1.13. The summed E-state index contributed by atoms with van der Waals surface area (Å²) >= 11 is 0. The van der Waals surface area contributed by atoms with Gasteiger partial charge in [0, 0.05) is 25.0 Å². The van der Waals surface area contributed by atoms with Gasteiger partial charge in [-0.2, -0.15) is 0 Å². The molecule has 0 bridgehead atoms. The van der Waals surface area contributed by atoms with E-state index in [1.165, 1.54) is 0 Å². The van der Waals surface area contributed by atoms with E-state index in [-0.39, 0.29) is 12.0 Å². The maximum absolute atomic E-state index is 12.4. The van der Waals surface area contributed by atoms with E-state index in [1.807, 2.05) is 39.8 Å². The summed E-state index contributed by atoms with van der Waals surface area (Å²) in [4.78, 5) is 18.1. The van der Waals surface area contributed by atoms with E-state index < -0.39 is 16.4 Å². The number of hydrogen-bond donors (Lipinski definition) is 0. The van der Waals surface area contributed by atoms with Crippen molar-refractivity contribution in [3.8, 4) is 0 Å². The van der Waals surface area contributed by atoms with E-state index in [0.717, 1.165) is 18.4 Å². The summed E-state index contributed by atoms with van der Waals surface area (Å²) in [6.45, 7) is 8.87. The molecule has 1 aliphatic heterocycles. The molecule has 1 aliphatic rings. The average molecular weight is 338 g/mol. The normalized spacial score (nSPS) is 20.2. The Hall–Kier alpha value is -1.43. The third-order valence-electron chi connectivity index (χ3n) is 3.68. The van der Waals surface area contributed by atoms with E-state index >= 15 is 0 Å². The fourth-order valence-electron chi connectivity index (χ4n) is 2.58. The standard InChI is InChI=1S/C17H26N2O3S/c1-13-7-8-15(18-10-13)23(21)12-14-6-5-9-19(11-14)16(20)22-17(2,3)4/h7-8,10,14H,5-6,9,11-12H2,1-4H3. The lowest BCUT2D eigenvalue weighted by Crippen LogP contribution is -2.44. The Labute approximate surface area is 140 Å². The second-order valence-corrected chi connectivity index (χ2v) is 8.56. The molecule has 2 atom stereocenters. The maximum Gasteiger partial charge on any atom is 0.410 e. The second kappa shape index (κ2) is 7.43. The van der Waals surface area contributed by atoms with Gasteiger partial charge in [-0.3, -0.25) is 4.21 Å². The Kier molecular flexibility index (Phi) is 5.79. The van der Waals surface area contributed by atoms with Crippen LogP contribution in [0.5, 0.6) is 0 Å². The molecule has 0 spiro atoms. The van der Waals surface area contributed by atoms with E-state index in [1.54, 1.807) is 11.1 Å². The van der Waals surface area contributed by atoms with Crippen LogP contribution in [0.4, 0.5) is 4.79 Å². The Morgan fingerprint density at radius 2 is 2.17 bits per heavy atom. The van der Waals surface area contributed by atoms with Crippen LogP contribution in [0.25, 0.3) is 0 Å². The minimum absolute atomic E-state index is 0.222. The van der Waals surface area contributed by atoms with Gasteiger partial charge >= 0.3 is 6.09 Å². The van der Waals surface area contributed by atoms with Crippen LogP contribution in [0.15, 0.2) is 23.4 Å². The third kappa shape index (κ3) is 5.61. The van der Waals surface area contributed by atoms with Crippen molar-refractivity contribution in [3.63, 3.8) is 0 Å². The zero-order valence-electron chi connectivity index (χ0n) is 14.4. The SMILES string of the molecule is Cc1ccc(S(=O)CC2CCCN(C(=O)OC(C)(C)C)C2)nc1. The topological polar surface area (TPSA) is 59.5 Å². The van der Waals surface area contributed by atoms with Crippen molar-refractivity contribution < 1.29 is 13.7 Å². The highest BCUT2D eigenvalue weighted by atomic mass is 32.2. The number of nitrogens with zero attached hydrogens (tertiary/aromatic N) is 2. The third-order valence-corrected chi connectivity index (χ3v) is 5.16. The molecule has 2 heterocycles. The zero-order valence-corrected chi connectivity index (χ0v) is 15.2. The average Bonchev–Trinajstić information content (AvgIpc) is 2.46. The number of aromatic nitrogens is 1. The van der Waals surface area contributed by atoms with Crippen molar-refractivity contribution in [1.82, 2.24) is 9.88 Å². The van der Waals surface area contributed by atoms with Crippen LogP contribution in [0.1, 0.15) is 39.2 Å². The Bertz CT molecular complexity index is 566. The molecule has 6 heteroatoms. The van der Waals surface area contributed by atoms with Crippen molar-refractivity contribution in [1.29, 1.82) is 0 Å². The number of pyridine rings is 1. The van der Waals surface area contributed by atoms with E-state index in [0.29, 0.717) is 23.9 Å². The lowest BCUT2D eigenvalue weighted by atomic mass is 10.0. The van der Waals surface area contributed by atoms with Gasteiger partial charge in [0.15, 0.2) is 0 Å². The molecule has 5 nitrogen and oxygen atoms in total. The molecule has 0 aliphatic carbocycles. The van der Waals surface area contributed by atoms with E-state index in [2.05, 4.69) is 4.98 Å². The van der Waals surface area contributed by atoms with Crippen LogP contribution >= 0.6 is 0 Å². The molecule has 1 aromatic rings. The molecule has 23 heavy (non-hydrogen) atoms. The van der Waals surface area contributed by atoms with Crippen LogP contribution < -0.4 is 0 Å². The molecule has 1 amide bonds. The van der Waals surface area contributed by atoms with Crippen LogP contribution in [0.3, 0.4) is 0 Å². The van der Waals surface area contributed by atoms with Gasteiger partial charge < -0.3 is 9.64 Å². The zero-order chi connectivity index (χ0) is 17.0. The fraction of sp³-hybridized carbons (Fsp3) is 0.647. The van der Waals surface area contributed by atoms with E-state index in [9.17, 15) is 9.00 Å². The number of likely N-dealkylation sites (tertiary alicyclic amines) is 1. The first-order chi connectivity index (χ1) is 10.7. The number of hydrogen-bond acceptors (Lipinski definition) is 4. The minimum atomic E-state index is -1.13. The molecule has 1 aromatic heterocycles. The van der Waals surface area contributed by atoms with Gasteiger partial charge in [-0.15, -0.1) is 0 Å². The predicted octanol–water partition coefficient (Wildman–Crippen LogP) is 3.14. The summed E-state index contributed by atoms with van der Waals surface area (Å²) < 4.78 is 17.9. The maximum atomic E-state index is 12.4. The van der Waals surface area contributed by atoms with Crippen molar-refractivity contribution in [2.24, 2.45) is 5.92 Å². The molecule has 2 rings (SSSR count). The number of rotatable bonds is 3. The van der Waals surface area contributed by atoms with Gasteiger partial charge in [0.1, 0.15) is 10.6 Å². The highest BCUT2D eigenvalue weighted by molar-refractivity contribution is 7.84. The molecule has 0 N–H and O–H groups in total. The number of amides is 1. The quantitative estimate of drug-likeness (QED) is 0.849. The number of carbonyl (C=O) groups excluding carboxylic acids is 1. The summed E-state index contributed by atoms with van der Waals surface area (Å²) in [5.41, 5.74) is 0.568. The molecule has 0 radical (unpaired) electrons. The van der Waals surface area contributed by atoms with Crippen molar-refractivity contribution in [3.05, 3.63) is 23.9 Å². The summed E-state index contributed by atoms with van der Waals surface area (Å²) in [6.07, 6.45) is 3.36. The molecule has 128 valence electrons. The largest absolute Gasteiger partial charge is 0.444 e. The van der Waals surface area contributed by atoms with Crippen LogP contribution in [-0.2, 0) is 15.5 Å². The van der Waals surface area contributed by atoms with Crippen LogP contribution in [0, 0.1) is 12.8 Å². The summed E-state index contributed by atoms with van der Waals surface area (Å²) in [5, 5.41) is 0.616. The highest BCUT2D eigenvalue weighted by Gasteiger charge is 2.28. The van der Waals surface area contributed by atoms with Gasteiger partial charge in [-0.05, 0) is 58.1 Å². The fourth-order valence-corrected chi connectivity index (χ4v) is 3.84. The number of carbonyl (C=O) groups is 1. The number of piperidine rings is 1. The van der Waals surface area contributed by atoms with E-state index in [4.69, 9.17) is 4.74 Å². The first-order valence-corrected chi connectivity index (χ1v) is 9.35. The van der Waals surface area contributed by atoms with Gasteiger partial charge in [0.2, 0.25) is 0 Å². The molecule has 2 unspecified atom stereocenters. The van der Waals surface area contributed by atoms with Crippen LogP contribution in [-0.4, -0.2) is 44.6 Å². The first kappa shape index (κ1) is 17.9. The minimum Gasteiger partial charge on any atom is -0.444 e. The highest BCUT2D eigenvalue weighted by Crippen LogP contribution is 2.21. The Balaban J connectivity index is 1.92. The van der Waals surface area contributed by atoms with Crippen LogP contribution in [0.2, 0.25) is 0 Å². The first-order valence-electron chi connectivity index (χ1n) is 8.03. The van der Waals surface area contributed by atoms with Crippen molar-refractivity contribution in [2.45, 2.75) is 51.2 Å². The predicted molar refractivity (Wildman–Crippen MR) is 90.8 cm³/mol. The molecular formula is C17H26N2O3S. The lowest BCUT2D eigenvalue weighted by molar-refractivity contribution is 0.0176. The molecule has 1 saturated heterocycles. The number of ether oxygens (including phenoxy) is 1. The molecule has 1 fully saturated rings. The summed E-state index contributed by atoms with van der Waals surface area (Å²) in [5.74, 6) is 0.759. The van der Waals surface area contributed by atoms with Crippen molar-refractivity contribution >= 4 is 16.9 Å². The second-order valence-electron chi connectivity index (χ2n) is 7.12. The van der Waals surface area contributed by atoms with Gasteiger partial charge in [0.05, 0.1) is 10.8 Å². The van der Waals surface area contributed by atoms with Gasteiger partial charge in [-0.1, -0.05) is 6.07 Å². The molecular weight excluding hydrogens is 312 g/mol. The monoisotopic (exact) mass is 338 g/mol. The smallest absolute Gasteiger partial charge is 0.410 e. The summed E-state index contributed by atoms with van der Waals surface area (Å²) in [6, 6.07) is 3.74. The molecule has 0 aromatic carbocycles. The Morgan fingerprint density at radius 1 is 1.43 bits per heavy atom. The van der Waals surface area contributed by atoms with Crippen molar-refractivity contribution in [2.75, 3.05) is 18.8 Å². The molecule has 0 saturated carbocycles. The Morgan fingerprint density at radius 3 is 2.78 bits per heavy atom. The van der Waals surface area contributed by atoms with Gasteiger partial charge in [0.25, 0.3) is 0 Å². The lowest BCUT2D eigenvalue weighted by Gasteiger charge is -2.33. The van der Waals surface area contributed by atoms with Gasteiger partial charge in [-0.25, -0.2) is 9.78 Å². The number of aryl methyl sites for hydroxylation is 1.